The van der Waals surface area contributed by atoms with Crippen molar-refractivity contribution in [2.75, 3.05) is 26.3 Å². The second-order valence-electron chi connectivity index (χ2n) is 5.67. The number of carboxylic acid groups (broad SMARTS) is 1. The maximum Gasteiger partial charge on any atom is 0.343 e. The summed E-state index contributed by atoms with van der Waals surface area (Å²) >= 11 is 0. The van der Waals surface area contributed by atoms with Crippen LogP contribution in [-0.2, 0) is 9.59 Å². The molecule has 1 fully saturated rings. The largest absolute Gasteiger partial charge is 0.490 e. The Morgan fingerprint density at radius 1 is 1.29 bits per heavy atom. The molecule has 0 saturated carbocycles. The van der Waals surface area contributed by atoms with Gasteiger partial charge < -0.3 is 19.5 Å². The number of likely N-dealkylation sites (tertiary alicyclic amines) is 1. The number of aliphatic carboxylic acids is 1. The van der Waals surface area contributed by atoms with Crippen molar-refractivity contribution in [3.8, 4) is 11.5 Å². The average Bonchev–Trinajstić information content (AvgIpc) is 2.97. The molecule has 0 bridgehead atoms. The molecule has 6 nitrogen and oxygen atoms in total. The molecule has 0 aromatic heterocycles. The van der Waals surface area contributed by atoms with Crippen LogP contribution >= 0.6 is 0 Å². The maximum atomic E-state index is 13.9. The number of para-hydroxylation sites is 2. The van der Waals surface area contributed by atoms with Gasteiger partial charge in [0.15, 0.2) is 11.5 Å². The third-order valence-corrected chi connectivity index (χ3v) is 3.90. The van der Waals surface area contributed by atoms with Crippen LogP contribution in [0.5, 0.6) is 11.5 Å². The number of carbonyl (C=O) groups excluding carboxylic acids is 1. The topological polar surface area (TPSA) is 76.1 Å². The first-order valence-corrected chi connectivity index (χ1v) is 8.01. The van der Waals surface area contributed by atoms with Crippen LogP contribution in [0.15, 0.2) is 24.3 Å². The zero-order valence-electron chi connectivity index (χ0n) is 13.7. The minimum Gasteiger partial charge on any atom is -0.490 e. The molecular formula is C17H22FNO5. The summed E-state index contributed by atoms with van der Waals surface area (Å²) in [4.78, 5) is 24.1. The molecule has 1 aliphatic heterocycles. The molecule has 1 unspecified atom stereocenters. The molecule has 1 heterocycles. The van der Waals surface area contributed by atoms with Crippen LogP contribution in [0.4, 0.5) is 4.39 Å². The molecule has 1 N–H and O–H groups in total. The lowest BCUT2D eigenvalue weighted by Gasteiger charge is -2.18. The van der Waals surface area contributed by atoms with Crippen LogP contribution in [0.3, 0.4) is 0 Å². The van der Waals surface area contributed by atoms with Crippen molar-refractivity contribution in [1.29, 1.82) is 0 Å². The van der Waals surface area contributed by atoms with Gasteiger partial charge >= 0.3 is 5.97 Å². The van der Waals surface area contributed by atoms with Crippen molar-refractivity contribution >= 4 is 11.9 Å². The Balaban J connectivity index is 1.75. The molecule has 1 aromatic rings. The number of halogens is 1. The Bertz CT molecular complexity index is 594. The lowest BCUT2D eigenvalue weighted by atomic mass is 10.1. The number of carboxylic acids is 1. The van der Waals surface area contributed by atoms with Crippen LogP contribution in [0.25, 0.3) is 0 Å². The molecule has 1 atom stereocenters. The van der Waals surface area contributed by atoms with Gasteiger partial charge in [-0.15, -0.1) is 0 Å². The Labute approximate surface area is 140 Å². The minimum atomic E-state index is -2.32. The van der Waals surface area contributed by atoms with E-state index in [0.717, 1.165) is 0 Å². The molecule has 1 aromatic carbocycles. The van der Waals surface area contributed by atoms with Gasteiger partial charge in [-0.05, 0) is 25.5 Å². The van der Waals surface area contributed by atoms with Crippen LogP contribution in [0.1, 0.15) is 26.2 Å². The highest BCUT2D eigenvalue weighted by Crippen LogP contribution is 2.28. The fourth-order valence-electron chi connectivity index (χ4n) is 2.57. The van der Waals surface area contributed by atoms with E-state index >= 15 is 0 Å². The summed E-state index contributed by atoms with van der Waals surface area (Å²) in [7, 11) is 0. The highest BCUT2D eigenvalue weighted by molar-refractivity contribution is 5.82. The molecule has 24 heavy (non-hydrogen) atoms. The minimum absolute atomic E-state index is 0.135. The van der Waals surface area contributed by atoms with Gasteiger partial charge in [0, 0.05) is 19.4 Å². The number of hydrogen-bond acceptors (Lipinski definition) is 4. The number of nitrogens with zero attached hydrogens (tertiary/aromatic N) is 1. The monoisotopic (exact) mass is 339 g/mol. The quantitative estimate of drug-likeness (QED) is 0.735. The van der Waals surface area contributed by atoms with Crippen LogP contribution < -0.4 is 9.47 Å². The van der Waals surface area contributed by atoms with Gasteiger partial charge in [-0.3, -0.25) is 4.79 Å². The lowest BCUT2D eigenvalue weighted by Crippen LogP contribution is -2.38. The maximum absolute atomic E-state index is 13.9. The molecule has 1 saturated heterocycles. The molecule has 7 heteroatoms. The average molecular weight is 339 g/mol. The predicted octanol–water partition coefficient (Wildman–Crippen LogP) is 2.27. The van der Waals surface area contributed by atoms with Crippen LogP contribution in [-0.4, -0.2) is 53.9 Å². The number of hydrogen-bond donors (Lipinski definition) is 1. The van der Waals surface area contributed by atoms with Crippen molar-refractivity contribution < 1.29 is 28.6 Å². The highest BCUT2D eigenvalue weighted by Gasteiger charge is 2.46. The number of ether oxygens (including phenoxy) is 2. The van der Waals surface area contributed by atoms with Gasteiger partial charge in [0.2, 0.25) is 11.6 Å². The zero-order valence-corrected chi connectivity index (χ0v) is 13.7. The number of rotatable bonds is 8. The fourth-order valence-corrected chi connectivity index (χ4v) is 2.57. The third kappa shape index (κ3) is 4.37. The SMILES string of the molecule is CCOc1ccccc1OCCCC(=O)N1CCC(F)(C(=O)O)C1. The summed E-state index contributed by atoms with van der Waals surface area (Å²) in [5, 5.41) is 8.84. The van der Waals surface area contributed by atoms with E-state index in [2.05, 4.69) is 0 Å². The second kappa shape index (κ2) is 7.99. The normalized spacial score (nSPS) is 20.0. The number of benzene rings is 1. The molecule has 0 aliphatic carbocycles. The first kappa shape index (κ1) is 18.0. The number of carbonyl (C=O) groups is 2. The summed E-state index contributed by atoms with van der Waals surface area (Å²) < 4.78 is 25.0. The van der Waals surface area contributed by atoms with Gasteiger partial charge in [0.05, 0.1) is 19.8 Å². The highest BCUT2D eigenvalue weighted by atomic mass is 19.1. The van der Waals surface area contributed by atoms with Crippen molar-refractivity contribution in [1.82, 2.24) is 4.90 Å². The van der Waals surface area contributed by atoms with E-state index in [1.54, 1.807) is 12.1 Å². The molecule has 132 valence electrons. The van der Waals surface area contributed by atoms with Crippen molar-refractivity contribution in [2.45, 2.75) is 31.9 Å². The van der Waals surface area contributed by atoms with Crippen molar-refractivity contribution in [2.24, 2.45) is 0 Å². The van der Waals surface area contributed by atoms with Crippen LogP contribution in [0.2, 0.25) is 0 Å². The van der Waals surface area contributed by atoms with Gasteiger partial charge in [-0.1, -0.05) is 12.1 Å². The summed E-state index contributed by atoms with van der Waals surface area (Å²) in [6, 6.07) is 7.28. The Morgan fingerprint density at radius 3 is 2.54 bits per heavy atom. The van der Waals surface area contributed by atoms with Crippen molar-refractivity contribution in [3.63, 3.8) is 0 Å². The molecule has 1 aliphatic rings. The van der Waals surface area contributed by atoms with Gasteiger partial charge in [0.25, 0.3) is 0 Å². The molecule has 2 rings (SSSR count). The Kier molecular flexibility index (Phi) is 6.00. The van der Waals surface area contributed by atoms with E-state index in [0.29, 0.717) is 31.1 Å². The van der Waals surface area contributed by atoms with Crippen molar-refractivity contribution in [3.05, 3.63) is 24.3 Å². The molecule has 1 amide bonds. The molecular weight excluding hydrogens is 317 g/mol. The third-order valence-electron chi connectivity index (χ3n) is 3.90. The summed E-state index contributed by atoms with van der Waals surface area (Å²) in [5.74, 6) is -0.498. The van der Waals surface area contributed by atoms with Crippen LogP contribution in [0, 0.1) is 0 Å². The first-order valence-electron chi connectivity index (χ1n) is 8.01. The lowest BCUT2D eigenvalue weighted by molar-refractivity contribution is -0.150. The Morgan fingerprint density at radius 2 is 1.96 bits per heavy atom. The first-order chi connectivity index (χ1) is 11.5. The second-order valence-corrected chi connectivity index (χ2v) is 5.67. The predicted molar refractivity (Wildman–Crippen MR) is 85.0 cm³/mol. The summed E-state index contributed by atoms with van der Waals surface area (Å²) in [5.41, 5.74) is -2.32. The van der Waals surface area contributed by atoms with Gasteiger partial charge in [-0.25, -0.2) is 9.18 Å². The van der Waals surface area contributed by atoms with E-state index in [1.807, 2.05) is 19.1 Å². The van der Waals surface area contributed by atoms with E-state index < -0.39 is 11.6 Å². The summed E-state index contributed by atoms with van der Waals surface area (Å²) in [6.07, 6.45) is 0.487. The smallest absolute Gasteiger partial charge is 0.343 e. The van der Waals surface area contributed by atoms with E-state index in [4.69, 9.17) is 14.6 Å². The summed E-state index contributed by atoms with van der Waals surface area (Å²) in [6.45, 7) is 2.49. The number of amides is 1. The fraction of sp³-hybridized carbons (Fsp3) is 0.529. The molecule has 0 radical (unpaired) electrons. The van der Waals surface area contributed by atoms with E-state index in [1.165, 1.54) is 4.90 Å². The number of alkyl halides is 1. The van der Waals surface area contributed by atoms with E-state index in [-0.39, 0.29) is 31.8 Å². The standard InChI is InChI=1S/C17H22FNO5/c1-2-23-13-6-3-4-7-14(13)24-11-5-8-15(20)19-10-9-17(18,12-19)16(21)22/h3-4,6-7H,2,5,8-12H2,1H3,(H,21,22). The molecule has 0 spiro atoms. The zero-order chi connectivity index (χ0) is 17.6. The Hall–Kier alpha value is -2.31. The van der Waals surface area contributed by atoms with E-state index in [9.17, 15) is 14.0 Å². The van der Waals surface area contributed by atoms with Gasteiger partial charge in [-0.2, -0.15) is 0 Å². The van der Waals surface area contributed by atoms with Gasteiger partial charge in [0.1, 0.15) is 0 Å².